The molecular weight excluding hydrogens is 243 g/mol. The first kappa shape index (κ1) is 13.9. The molecule has 3 nitrogen and oxygen atoms in total. The first-order chi connectivity index (χ1) is 8.06. The van der Waals surface area contributed by atoms with Gasteiger partial charge in [0.25, 0.3) is 0 Å². The van der Waals surface area contributed by atoms with Crippen molar-refractivity contribution in [3.8, 4) is 0 Å². The number of rotatable bonds is 5. The molecule has 0 spiro atoms. The van der Waals surface area contributed by atoms with Gasteiger partial charge in [-0.15, -0.1) is 0 Å². The highest BCUT2D eigenvalue weighted by Crippen LogP contribution is 2.25. The predicted molar refractivity (Wildman–Crippen MR) is 66.3 cm³/mol. The van der Waals surface area contributed by atoms with Gasteiger partial charge in [0.2, 0.25) is 5.91 Å². The van der Waals surface area contributed by atoms with Crippen molar-refractivity contribution in [1.29, 1.82) is 0 Å². The highest BCUT2D eigenvalue weighted by atomic mass is 35.5. The van der Waals surface area contributed by atoms with Gasteiger partial charge in [-0.2, -0.15) is 0 Å². The van der Waals surface area contributed by atoms with Crippen LogP contribution in [0.25, 0.3) is 0 Å². The first-order valence-corrected chi connectivity index (χ1v) is 5.87. The van der Waals surface area contributed by atoms with Crippen LogP contribution < -0.4 is 11.1 Å². The highest BCUT2D eigenvalue weighted by Gasteiger charge is 2.16. The van der Waals surface area contributed by atoms with E-state index in [4.69, 9.17) is 17.3 Å². The van der Waals surface area contributed by atoms with Gasteiger partial charge in [-0.25, -0.2) is 4.39 Å². The van der Waals surface area contributed by atoms with Crippen molar-refractivity contribution in [2.45, 2.75) is 25.8 Å². The Bertz CT molecular complexity index is 378. The first-order valence-electron chi connectivity index (χ1n) is 5.49. The molecule has 94 valence electrons. The molecule has 0 aromatic heterocycles. The fourth-order valence-electron chi connectivity index (χ4n) is 1.57. The molecule has 0 radical (unpaired) electrons. The Balaban J connectivity index is 2.69. The predicted octanol–water partition coefficient (Wildman–Crippen LogP) is 2.40. The van der Waals surface area contributed by atoms with Crippen molar-refractivity contribution in [2.24, 2.45) is 5.73 Å². The van der Waals surface area contributed by atoms with E-state index in [0.717, 1.165) is 0 Å². The number of hydrogen-bond donors (Lipinski definition) is 2. The number of carbonyl (C=O) groups excluding carboxylic acids is 1. The molecule has 0 aliphatic heterocycles. The van der Waals surface area contributed by atoms with Gasteiger partial charge in [0.1, 0.15) is 5.82 Å². The van der Waals surface area contributed by atoms with E-state index in [1.54, 1.807) is 13.0 Å². The summed E-state index contributed by atoms with van der Waals surface area (Å²) < 4.78 is 13.5. The Hall–Kier alpha value is -1.13. The van der Waals surface area contributed by atoms with Gasteiger partial charge >= 0.3 is 0 Å². The van der Waals surface area contributed by atoms with Crippen LogP contribution in [0.15, 0.2) is 18.2 Å². The number of nitrogens with one attached hydrogen (secondary N) is 1. The molecule has 0 saturated heterocycles. The standard InChI is InChI=1S/C12H16ClFN2O/c1-8(16-11(17)6-3-7-15)12-9(13)4-2-5-10(12)14/h2,4-5,8H,3,6-7,15H2,1H3,(H,16,17). The molecule has 0 heterocycles. The summed E-state index contributed by atoms with van der Waals surface area (Å²) in [6, 6.07) is 4.00. The van der Waals surface area contributed by atoms with Crippen molar-refractivity contribution in [3.63, 3.8) is 0 Å². The summed E-state index contributed by atoms with van der Waals surface area (Å²) in [5, 5.41) is 3.01. The normalized spacial score (nSPS) is 12.2. The van der Waals surface area contributed by atoms with Crippen molar-refractivity contribution in [3.05, 3.63) is 34.6 Å². The van der Waals surface area contributed by atoms with Crippen molar-refractivity contribution in [2.75, 3.05) is 6.54 Å². The minimum atomic E-state index is -0.450. The largest absolute Gasteiger partial charge is 0.349 e. The summed E-state index contributed by atoms with van der Waals surface area (Å²) in [5.74, 6) is -0.564. The third-order valence-corrected chi connectivity index (χ3v) is 2.75. The Morgan fingerprint density at radius 2 is 2.29 bits per heavy atom. The van der Waals surface area contributed by atoms with Gasteiger partial charge in [0, 0.05) is 17.0 Å². The Labute approximate surface area is 105 Å². The fraction of sp³-hybridized carbons (Fsp3) is 0.417. The van der Waals surface area contributed by atoms with Gasteiger partial charge in [-0.1, -0.05) is 17.7 Å². The lowest BCUT2D eigenvalue weighted by Gasteiger charge is -2.16. The number of hydrogen-bond acceptors (Lipinski definition) is 2. The van der Waals surface area contributed by atoms with E-state index >= 15 is 0 Å². The van der Waals surface area contributed by atoms with Gasteiger partial charge in [0.15, 0.2) is 0 Å². The van der Waals surface area contributed by atoms with Crippen LogP contribution in [-0.4, -0.2) is 12.5 Å². The lowest BCUT2D eigenvalue weighted by Crippen LogP contribution is -2.27. The Kier molecular flexibility index (Phi) is 5.38. The minimum Gasteiger partial charge on any atom is -0.349 e. The summed E-state index contributed by atoms with van der Waals surface area (Å²) in [6.07, 6.45) is 0.955. The van der Waals surface area contributed by atoms with Crippen LogP contribution >= 0.6 is 11.6 Å². The summed E-state index contributed by atoms with van der Waals surface area (Å²) in [6.45, 7) is 2.16. The van der Waals surface area contributed by atoms with Crippen molar-refractivity contribution >= 4 is 17.5 Å². The molecule has 0 fully saturated rings. The molecule has 5 heteroatoms. The number of nitrogens with two attached hydrogens (primary N) is 1. The van der Waals surface area contributed by atoms with Crippen LogP contribution in [-0.2, 0) is 4.79 Å². The number of carbonyl (C=O) groups is 1. The van der Waals surface area contributed by atoms with E-state index in [0.29, 0.717) is 30.0 Å². The molecule has 0 bridgehead atoms. The maximum atomic E-state index is 13.5. The van der Waals surface area contributed by atoms with E-state index in [9.17, 15) is 9.18 Å². The molecule has 1 aromatic rings. The van der Waals surface area contributed by atoms with E-state index in [1.807, 2.05) is 0 Å². The number of benzene rings is 1. The second-order valence-electron chi connectivity index (χ2n) is 3.82. The van der Waals surface area contributed by atoms with Gasteiger partial charge in [0.05, 0.1) is 6.04 Å². The summed E-state index contributed by atoms with van der Waals surface area (Å²) in [7, 11) is 0. The molecule has 0 aliphatic rings. The highest BCUT2D eigenvalue weighted by molar-refractivity contribution is 6.31. The van der Waals surface area contributed by atoms with Crippen LogP contribution in [0.2, 0.25) is 5.02 Å². The van der Waals surface area contributed by atoms with Crippen LogP contribution in [0.4, 0.5) is 4.39 Å². The second-order valence-corrected chi connectivity index (χ2v) is 4.22. The smallest absolute Gasteiger partial charge is 0.220 e. The number of halogens is 2. The molecule has 0 saturated carbocycles. The Morgan fingerprint density at radius 3 is 2.88 bits per heavy atom. The van der Waals surface area contributed by atoms with Gasteiger partial charge < -0.3 is 11.1 Å². The molecule has 3 N–H and O–H groups in total. The third kappa shape index (κ3) is 3.98. The average molecular weight is 259 g/mol. The minimum absolute atomic E-state index is 0.151. The van der Waals surface area contributed by atoms with Gasteiger partial charge in [-0.3, -0.25) is 4.79 Å². The monoisotopic (exact) mass is 258 g/mol. The second kappa shape index (κ2) is 6.57. The number of amides is 1. The summed E-state index contributed by atoms with van der Waals surface area (Å²) in [4.78, 5) is 11.5. The molecular formula is C12H16ClFN2O. The zero-order valence-electron chi connectivity index (χ0n) is 9.67. The molecule has 1 aromatic carbocycles. The van der Waals surface area contributed by atoms with E-state index in [2.05, 4.69) is 5.32 Å². The van der Waals surface area contributed by atoms with Gasteiger partial charge in [-0.05, 0) is 32.0 Å². The summed E-state index contributed by atoms with van der Waals surface area (Å²) >= 11 is 5.90. The van der Waals surface area contributed by atoms with Crippen LogP contribution in [0.1, 0.15) is 31.4 Å². The lowest BCUT2D eigenvalue weighted by molar-refractivity contribution is -0.121. The SMILES string of the molecule is CC(NC(=O)CCCN)c1c(F)cccc1Cl. The maximum Gasteiger partial charge on any atom is 0.220 e. The molecule has 1 rings (SSSR count). The zero-order chi connectivity index (χ0) is 12.8. The fourth-order valence-corrected chi connectivity index (χ4v) is 1.90. The maximum absolute atomic E-state index is 13.5. The molecule has 1 unspecified atom stereocenters. The molecule has 17 heavy (non-hydrogen) atoms. The topological polar surface area (TPSA) is 55.1 Å². The third-order valence-electron chi connectivity index (χ3n) is 2.42. The van der Waals surface area contributed by atoms with Crippen molar-refractivity contribution < 1.29 is 9.18 Å². The van der Waals surface area contributed by atoms with Crippen LogP contribution in [0.3, 0.4) is 0 Å². The zero-order valence-corrected chi connectivity index (χ0v) is 10.4. The van der Waals surface area contributed by atoms with E-state index in [1.165, 1.54) is 12.1 Å². The Morgan fingerprint density at radius 1 is 1.59 bits per heavy atom. The molecule has 1 atom stereocenters. The van der Waals surface area contributed by atoms with Crippen LogP contribution in [0, 0.1) is 5.82 Å². The van der Waals surface area contributed by atoms with E-state index < -0.39 is 11.9 Å². The molecule has 0 aliphatic carbocycles. The molecule has 1 amide bonds. The van der Waals surface area contributed by atoms with Crippen LogP contribution in [0.5, 0.6) is 0 Å². The quantitative estimate of drug-likeness (QED) is 0.852. The van der Waals surface area contributed by atoms with E-state index in [-0.39, 0.29) is 5.91 Å². The summed E-state index contributed by atoms with van der Waals surface area (Å²) in [5.41, 5.74) is 5.62. The van der Waals surface area contributed by atoms with Crippen molar-refractivity contribution in [1.82, 2.24) is 5.32 Å². The average Bonchev–Trinajstić information content (AvgIpc) is 2.26. The lowest BCUT2D eigenvalue weighted by atomic mass is 10.1.